The van der Waals surface area contributed by atoms with E-state index in [9.17, 15) is 24.9 Å². The van der Waals surface area contributed by atoms with Crippen LogP contribution in [0.25, 0.3) is 0 Å². The molecule has 0 saturated carbocycles. The van der Waals surface area contributed by atoms with Gasteiger partial charge in [0.05, 0.1) is 18.3 Å². The molecule has 0 fully saturated rings. The number of nitrogens with one attached hydrogen (secondary N) is 3. The van der Waals surface area contributed by atoms with E-state index in [-0.39, 0.29) is 24.5 Å². The van der Waals surface area contributed by atoms with Crippen LogP contribution in [0.3, 0.4) is 0 Å². The lowest BCUT2D eigenvalue weighted by molar-refractivity contribution is -0.00881. The van der Waals surface area contributed by atoms with Crippen molar-refractivity contribution in [1.82, 2.24) is 10.2 Å². The van der Waals surface area contributed by atoms with Crippen molar-refractivity contribution >= 4 is 11.4 Å². The molecule has 0 spiro atoms. The fourth-order valence-electron chi connectivity index (χ4n) is 6.68. The lowest BCUT2D eigenvalue weighted by atomic mass is 10.0. The van der Waals surface area contributed by atoms with Gasteiger partial charge in [-0.15, -0.1) is 0 Å². The smallest absolute Gasteiger partial charge is 0.253 e. The van der Waals surface area contributed by atoms with E-state index in [4.69, 9.17) is 0 Å². The maximum Gasteiger partial charge on any atom is 0.253 e. The molecule has 0 bridgehead atoms. The Morgan fingerprint density at radius 3 is 1.43 bits per heavy atom. The Morgan fingerprint density at radius 1 is 0.531 bits per heavy atom. The van der Waals surface area contributed by atoms with Gasteiger partial charge in [0, 0.05) is 33.2 Å². The zero-order valence-corrected chi connectivity index (χ0v) is 32.1. The van der Waals surface area contributed by atoms with Crippen molar-refractivity contribution in [2.24, 2.45) is 0 Å². The van der Waals surface area contributed by atoms with Gasteiger partial charge in [-0.05, 0) is 25.9 Å². The molecule has 1 aromatic carbocycles. The summed E-state index contributed by atoms with van der Waals surface area (Å²) >= 11 is 0. The molecule has 3 unspecified atom stereocenters. The van der Waals surface area contributed by atoms with Crippen LogP contribution in [0.2, 0.25) is 0 Å². The van der Waals surface area contributed by atoms with Crippen LogP contribution in [0.1, 0.15) is 168 Å². The third kappa shape index (κ3) is 22.8. The summed E-state index contributed by atoms with van der Waals surface area (Å²) in [5.74, 6) is 0. The van der Waals surface area contributed by atoms with Crippen molar-refractivity contribution in [3.05, 3.63) is 20.4 Å². The Morgan fingerprint density at radius 2 is 0.959 bits per heavy atom. The summed E-state index contributed by atoms with van der Waals surface area (Å²) in [5, 5.41) is 41.3. The molecule has 1 aromatic rings. The van der Waals surface area contributed by atoms with E-state index in [0.29, 0.717) is 19.6 Å². The zero-order valence-electron chi connectivity index (χ0n) is 32.1. The van der Waals surface area contributed by atoms with E-state index in [2.05, 4.69) is 29.8 Å². The van der Waals surface area contributed by atoms with E-state index >= 15 is 0 Å². The molecule has 0 aliphatic heterocycles. The van der Waals surface area contributed by atoms with Crippen LogP contribution in [0.15, 0.2) is 9.59 Å². The summed E-state index contributed by atoms with van der Waals surface area (Å²) in [7, 11) is 1.59. The highest BCUT2D eigenvalue weighted by atomic mass is 16.3. The summed E-state index contributed by atoms with van der Waals surface area (Å²) in [6.07, 6.45) is 28.2. The van der Waals surface area contributed by atoms with Crippen LogP contribution in [0.5, 0.6) is 0 Å². The lowest BCUT2D eigenvalue weighted by Crippen LogP contribution is -2.47. The number of rotatable bonds is 37. The first-order valence-corrected chi connectivity index (χ1v) is 20.6. The molecular formula is C40H78N4O5. The molecule has 6 N–H and O–H groups in total. The zero-order chi connectivity index (χ0) is 36.0. The topological polar surface area (TPSA) is 134 Å². The van der Waals surface area contributed by atoms with Gasteiger partial charge in [-0.3, -0.25) is 14.5 Å². The number of unbranched alkanes of at least 4 members (excludes halogenated alkanes) is 22. The lowest BCUT2D eigenvalue weighted by Gasteiger charge is -2.29. The third-order valence-corrected chi connectivity index (χ3v) is 9.92. The molecule has 288 valence electrons. The minimum atomic E-state index is -0.934. The van der Waals surface area contributed by atoms with E-state index in [1.165, 1.54) is 135 Å². The van der Waals surface area contributed by atoms with Crippen LogP contribution < -0.4 is 26.8 Å². The summed E-state index contributed by atoms with van der Waals surface area (Å²) in [5.41, 5.74) is -0.647. The number of nitrogens with zero attached hydrogens (tertiary/aromatic N) is 1. The second-order valence-corrected chi connectivity index (χ2v) is 14.6. The molecule has 0 amide bonds. The summed E-state index contributed by atoms with van der Waals surface area (Å²) in [6.45, 7) is 7.08. The SMILES string of the molecule is CCCCCCCCCCCCCCNCC(O)C(O)CN(CCCCCCCCCCCCCC)CC(O)CNc1c(NC)c(=O)c1=O. The average molecular weight is 695 g/mol. The monoisotopic (exact) mass is 695 g/mol. The largest absolute Gasteiger partial charge is 0.390 e. The number of aliphatic hydroxyl groups is 3. The van der Waals surface area contributed by atoms with Gasteiger partial charge >= 0.3 is 0 Å². The van der Waals surface area contributed by atoms with Crippen LogP contribution in [0, 0.1) is 0 Å². The molecular weight excluding hydrogens is 616 g/mol. The Labute approximate surface area is 300 Å². The number of hydrogen-bond acceptors (Lipinski definition) is 9. The van der Waals surface area contributed by atoms with E-state index < -0.39 is 29.2 Å². The van der Waals surface area contributed by atoms with Gasteiger partial charge in [0.15, 0.2) is 0 Å². The maximum absolute atomic E-state index is 11.9. The molecule has 0 heterocycles. The van der Waals surface area contributed by atoms with Gasteiger partial charge in [0.2, 0.25) is 0 Å². The molecule has 0 radical (unpaired) electrons. The first-order chi connectivity index (χ1) is 23.8. The third-order valence-electron chi connectivity index (χ3n) is 9.92. The van der Waals surface area contributed by atoms with Gasteiger partial charge in [-0.25, -0.2) is 0 Å². The van der Waals surface area contributed by atoms with Crippen molar-refractivity contribution in [1.29, 1.82) is 0 Å². The van der Waals surface area contributed by atoms with Crippen molar-refractivity contribution in [3.63, 3.8) is 0 Å². The molecule has 0 aromatic heterocycles. The maximum atomic E-state index is 11.9. The van der Waals surface area contributed by atoms with Gasteiger partial charge in [0.25, 0.3) is 10.9 Å². The highest BCUT2D eigenvalue weighted by Crippen LogP contribution is 2.15. The summed E-state index contributed by atoms with van der Waals surface area (Å²) < 4.78 is 0. The molecule has 3 atom stereocenters. The fourth-order valence-corrected chi connectivity index (χ4v) is 6.68. The first kappa shape index (κ1) is 45.5. The summed E-state index contributed by atoms with van der Waals surface area (Å²) in [4.78, 5) is 25.6. The highest BCUT2D eigenvalue weighted by Gasteiger charge is 2.23. The Balaban J connectivity index is 2.34. The molecule has 9 nitrogen and oxygen atoms in total. The molecule has 9 heteroatoms. The second-order valence-electron chi connectivity index (χ2n) is 14.6. The minimum Gasteiger partial charge on any atom is -0.390 e. The van der Waals surface area contributed by atoms with Crippen molar-refractivity contribution in [3.8, 4) is 0 Å². The van der Waals surface area contributed by atoms with Crippen LogP contribution in [-0.4, -0.2) is 84.8 Å². The Bertz CT molecular complexity index is 954. The van der Waals surface area contributed by atoms with E-state index in [1.807, 2.05) is 4.90 Å². The number of anilines is 2. The number of aliphatic hydroxyl groups excluding tert-OH is 3. The Hall–Kier alpha value is -1.52. The standard InChI is InChI=1S/C40H78N4O5/c1-4-6-8-10-12-14-16-18-20-22-24-26-28-42-31-35(46)36(47)33-44(29-27-25-23-21-19-17-15-13-11-9-7-5-2)32-34(45)30-43-38-37(41-3)39(48)40(38)49/h34-36,41-43,45-47H,4-33H2,1-3H3. The van der Waals surface area contributed by atoms with Crippen LogP contribution >= 0.6 is 0 Å². The van der Waals surface area contributed by atoms with Crippen LogP contribution in [0.4, 0.5) is 11.4 Å². The van der Waals surface area contributed by atoms with Gasteiger partial charge in [-0.1, -0.05) is 155 Å². The first-order valence-electron chi connectivity index (χ1n) is 20.6. The van der Waals surface area contributed by atoms with Crippen molar-refractivity contribution in [2.45, 2.75) is 186 Å². The van der Waals surface area contributed by atoms with Gasteiger partial charge in [-0.2, -0.15) is 0 Å². The van der Waals surface area contributed by atoms with Crippen LogP contribution in [-0.2, 0) is 0 Å². The predicted octanol–water partition coefficient (Wildman–Crippen LogP) is 7.11. The van der Waals surface area contributed by atoms with Gasteiger partial charge < -0.3 is 31.3 Å². The quantitative estimate of drug-likeness (QED) is 0.0318. The molecule has 1 rings (SSSR count). The Kier molecular flexibility index (Phi) is 29.0. The highest BCUT2D eigenvalue weighted by molar-refractivity contribution is 5.73. The minimum absolute atomic E-state index is 0.119. The van der Waals surface area contributed by atoms with Crippen molar-refractivity contribution < 1.29 is 15.3 Å². The molecule has 0 saturated heterocycles. The molecule has 49 heavy (non-hydrogen) atoms. The summed E-state index contributed by atoms with van der Waals surface area (Å²) in [6, 6.07) is 0. The predicted molar refractivity (Wildman–Crippen MR) is 209 cm³/mol. The fraction of sp³-hybridized carbons (Fsp3) is 0.900. The van der Waals surface area contributed by atoms with Crippen molar-refractivity contribution in [2.75, 3.05) is 56.9 Å². The number of hydrogen-bond donors (Lipinski definition) is 6. The van der Waals surface area contributed by atoms with E-state index in [0.717, 1.165) is 25.8 Å². The molecule has 0 aliphatic carbocycles. The second kappa shape index (κ2) is 31.2. The molecule has 0 aliphatic rings. The van der Waals surface area contributed by atoms with Gasteiger partial charge in [0.1, 0.15) is 11.4 Å². The normalized spacial score (nSPS) is 13.7. The average Bonchev–Trinajstić information content (AvgIpc) is 3.09. The van der Waals surface area contributed by atoms with E-state index in [1.54, 1.807) is 7.05 Å².